The highest BCUT2D eigenvalue weighted by atomic mass is 15.3. The fourth-order valence-corrected chi connectivity index (χ4v) is 7.03. The van der Waals surface area contributed by atoms with Crippen LogP contribution in [0.4, 0.5) is 0 Å². The molecule has 1 saturated heterocycles. The van der Waals surface area contributed by atoms with Gasteiger partial charge in [0.15, 0.2) is 0 Å². The number of piperazine rings is 1. The molecule has 0 N–H and O–H groups in total. The minimum Gasteiger partial charge on any atom is -0.290 e. The van der Waals surface area contributed by atoms with Crippen LogP contribution in [-0.4, -0.2) is 36.0 Å². The zero-order chi connectivity index (χ0) is 23.9. The molecule has 3 aliphatic rings. The van der Waals surface area contributed by atoms with E-state index in [1.165, 1.54) is 44.5 Å². The van der Waals surface area contributed by atoms with E-state index < -0.39 is 0 Å². The number of hydrogen-bond donors (Lipinski definition) is 0. The summed E-state index contributed by atoms with van der Waals surface area (Å²) >= 11 is 0. The number of rotatable bonds is 2. The summed E-state index contributed by atoms with van der Waals surface area (Å²) in [5.74, 6) is 0. The van der Waals surface area contributed by atoms with Crippen molar-refractivity contribution in [3.05, 3.63) is 142 Å². The van der Waals surface area contributed by atoms with Crippen LogP contribution in [0.25, 0.3) is 0 Å². The van der Waals surface area contributed by atoms with Crippen LogP contribution in [-0.2, 0) is 25.7 Å². The summed E-state index contributed by atoms with van der Waals surface area (Å²) in [7, 11) is 0. The third-order valence-corrected chi connectivity index (χ3v) is 8.81. The lowest BCUT2D eigenvalue weighted by Gasteiger charge is -2.43. The third-order valence-electron chi connectivity index (χ3n) is 8.81. The Morgan fingerprint density at radius 1 is 0.361 bits per heavy atom. The van der Waals surface area contributed by atoms with Gasteiger partial charge >= 0.3 is 0 Å². The van der Waals surface area contributed by atoms with Crippen molar-refractivity contribution in [2.45, 2.75) is 37.8 Å². The Balaban J connectivity index is 1.22. The molecule has 0 bridgehead atoms. The van der Waals surface area contributed by atoms with Crippen LogP contribution < -0.4 is 0 Å². The topological polar surface area (TPSA) is 6.48 Å². The van der Waals surface area contributed by atoms with Crippen molar-refractivity contribution < 1.29 is 0 Å². The molecule has 4 aromatic carbocycles. The van der Waals surface area contributed by atoms with Crippen LogP contribution in [0.5, 0.6) is 0 Å². The smallest absolute Gasteiger partial charge is 0.0608 e. The van der Waals surface area contributed by atoms with Crippen molar-refractivity contribution in [2.75, 3.05) is 26.2 Å². The van der Waals surface area contributed by atoms with E-state index in [2.05, 4.69) is 107 Å². The first-order valence-corrected chi connectivity index (χ1v) is 13.7. The lowest BCUT2D eigenvalue weighted by molar-refractivity contribution is 0.0895. The molecule has 0 unspecified atom stereocenters. The quantitative estimate of drug-likeness (QED) is 0.335. The molecule has 2 nitrogen and oxygen atoms in total. The van der Waals surface area contributed by atoms with Crippen LogP contribution in [0.2, 0.25) is 0 Å². The zero-order valence-corrected chi connectivity index (χ0v) is 20.9. The lowest BCUT2D eigenvalue weighted by Crippen LogP contribution is -2.49. The molecule has 0 radical (unpaired) electrons. The number of hydrogen-bond acceptors (Lipinski definition) is 2. The summed E-state index contributed by atoms with van der Waals surface area (Å²) in [4.78, 5) is 5.52. The molecular weight excluding hydrogens is 436 g/mol. The maximum absolute atomic E-state index is 2.76. The SMILES string of the molecule is c1ccc2c(c1)CCc1ccccc1C2N1CCN(C2c3ccccc3CCc3ccccc32)CC1. The molecule has 0 atom stereocenters. The van der Waals surface area contributed by atoms with Crippen LogP contribution in [0.1, 0.15) is 56.6 Å². The van der Waals surface area contributed by atoms with E-state index in [-0.39, 0.29) is 0 Å². The van der Waals surface area contributed by atoms with Gasteiger partial charge in [0.2, 0.25) is 0 Å². The number of nitrogens with zero attached hydrogens (tertiary/aromatic N) is 2. The molecule has 4 aromatic rings. The van der Waals surface area contributed by atoms with Crippen molar-refractivity contribution in [2.24, 2.45) is 0 Å². The Morgan fingerprint density at radius 3 is 0.889 bits per heavy atom. The highest BCUT2D eigenvalue weighted by Crippen LogP contribution is 2.40. The van der Waals surface area contributed by atoms with Gasteiger partial charge in [-0.05, 0) is 70.2 Å². The van der Waals surface area contributed by atoms with Gasteiger partial charge < -0.3 is 0 Å². The molecule has 36 heavy (non-hydrogen) atoms. The van der Waals surface area contributed by atoms with E-state index in [1.54, 1.807) is 0 Å². The lowest BCUT2D eigenvalue weighted by atomic mass is 9.91. The van der Waals surface area contributed by atoms with Gasteiger partial charge in [0.05, 0.1) is 12.1 Å². The molecule has 2 heteroatoms. The number of aryl methyl sites for hydroxylation is 4. The predicted molar refractivity (Wildman–Crippen MR) is 147 cm³/mol. The summed E-state index contributed by atoms with van der Waals surface area (Å²) in [6.07, 6.45) is 4.55. The second kappa shape index (κ2) is 9.35. The molecule has 2 aliphatic carbocycles. The molecule has 0 aromatic heterocycles. The fraction of sp³-hybridized carbons (Fsp3) is 0.294. The minimum atomic E-state index is 0.357. The summed E-state index contributed by atoms with van der Waals surface area (Å²) in [6.45, 7) is 4.37. The van der Waals surface area contributed by atoms with E-state index in [1.807, 2.05) is 0 Å². The van der Waals surface area contributed by atoms with Gasteiger partial charge in [0.25, 0.3) is 0 Å². The number of benzene rings is 4. The molecule has 7 rings (SSSR count). The standard InChI is InChI=1S/C34H34N2/c1-5-13-29-25(9-1)17-18-26-10-2-6-14-30(26)33(29)35-21-23-36(24-22-35)34-31-15-7-3-11-27(31)19-20-28-12-4-8-16-32(28)34/h1-16,33-34H,17-24H2. The normalized spacial score (nSPS) is 18.9. The third kappa shape index (κ3) is 3.80. The van der Waals surface area contributed by atoms with Gasteiger partial charge in [-0.3, -0.25) is 9.80 Å². The van der Waals surface area contributed by atoms with E-state index in [4.69, 9.17) is 0 Å². The van der Waals surface area contributed by atoms with Gasteiger partial charge in [-0.25, -0.2) is 0 Å². The van der Waals surface area contributed by atoms with Gasteiger partial charge in [-0.1, -0.05) is 97.1 Å². The van der Waals surface area contributed by atoms with Gasteiger partial charge in [-0.2, -0.15) is 0 Å². The molecule has 1 heterocycles. The maximum atomic E-state index is 2.76. The van der Waals surface area contributed by atoms with Crippen molar-refractivity contribution in [1.29, 1.82) is 0 Å². The molecule has 180 valence electrons. The van der Waals surface area contributed by atoms with Crippen LogP contribution in [0.15, 0.2) is 97.1 Å². The summed E-state index contributed by atoms with van der Waals surface area (Å²) < 4.78 is 0. The maximum Gasteiger partial charge on any atom is 0.0608 e. The predicted octanol–water partition coefficient (Wildman–Crippen LogP) is 6.38. The van der Waals surface area contributed by atoms with Crippen molar-refractivity contribution >= 4 is 0 Å². The van der Waals surface area contributed by atoms with Crippen molar-refractivity contribution in [3.8, 4) is 0 Å². The van der Waals surface area contributed by atoms with Gasteiger partial charge in [0.1, 0.15) is 0 Å². The first kappa shape index (κ1) is 22.0. The number of fused-ring (bicyclic) bond motifs is 4. The fourth-order valence-electron chi connectivity index (χ4n) is 7.03. The Hall–Kier alpha value is -3.20. The average molecular weight is 471 g/mol. The van der Waals surface area contributed by atoms with E-state index in [0.717, 1.165) is 51.9 Å². The van der Waals surface area contributed by atoms with Gasteiger partial charge in [-0.15, -0.1) is 0 Å². The minimum absolute atomic E-state index is 0.357. The Bertz CT molecular complexity index is 1180. The van der Waals surface area contributed by atoms with Crippen molar-refractivity contribution in [3.63, 3.8) is 0 Å². The Labute approximate surface area is 215 Å². The molecule has 1 aliphatic heterocycles. The molecule has 0 spiro atoms. The second-order valence-corrected chi connectivity index (χ2v) is 10.7. The molecular formula is C34H34N2. The summed E-state index contributed by atoms with van der Waals surface area (Å²) in [5, 5.41) is 0. The molecule has 0 saturated carbocycles. The van der Waals surface area contributed by atoms with Crippen LogP contribution in [0.3, 0.4) is 0 Å². The first-order chi connectivity index (χ1) is 17.9. The highest BCUT2D eigenvalue weighted by Gasteiger charge is 2.35. The average Bonchev–Trinajstić information content (AvgIpc) is 3.21. The summed E-state index contributed by atoms with van der Waals surface area (Å²) in [6, 6.07) is 37.4. The van der Waals surface area contributed by atoms with Crippen LogP contribution in [0, 0.1) is 0 Å². The Morgan fingerprint density at radius 2 is 0.611 bits per heavy atom. The van der Waals surface area contributed by atoms with E-state index >= 15 is 0 Å². The first-order valence-electron chi connectivity index (χ1n) is 13.7. The Kier molecular flexibility index (Phi) is 5.72. The zero-order valence-electron chi connectivity index (χ0n) is 20.9. The second-order valence-electron chi connectivity index (χ2n) is 10.7. The van der Waals surface area contributed by atoms with Crippen LogP contribution >= 0.6 is 0 Å². The largest absolute Gasteiger partial charge is 0.290 e. The molecule has 1 fully saturated rings. The van der Waals surface area contributed by atoms with E-state index in [9.17, 15) is 0 Å². The molecule has 0 amide bonds. The monoisotopic (exact) mass is 470 g/mol. The van der Waals surface area contributed by atoms with Gasteiger partial charge in [0, 0.05) is 26.2 Å². The van der Waals surface area contributed by atoms with E-state index in [0.29, 0.717) is 12.1 Å². The highest BCUT2D eigenvalue weighted by molar-refractivity contribution is 5.46. The summed E-state index contributed by atoms with van der Waals surface area (Å²) in [5.41, 5.74) is 12.1. The van der Waals surface area contributed by atoms with Crippen molar-refractivity contribution in [1.82, 2.24) is 9.80 Å².